The summed E-state index contributed by atoms with van der Waals surface area (Å²) in [6, 6.07) is 7.75. The van der Waals surface area contributed by atoms with Crippen molar-refractivity contribution >= 4 is 23.2 Å². The minimum atomic E-state index is -4.37. The van der Waals surface area contributed by atoms with Gasteiger partial charge in [-0.1, -0.05) is 36.2 Å². The van der Waals surface area contributed by atoms with Crippen LogP contribution in [-0.4, -0.2) is 44.1 Å². The van der Waals surface area contributed by atoms with E-state index >= 15 is 0 Å². The molecule has 11 heteroatoms. The van der Waals surface area contributed by atoms with Crippen LogP contribution < -0.4 is 10.2 Å². The van der Waals surface area contributed by atoms with Gasteiger partial charge in [-0.3, -0.25) is 0 Å². The highest BCUT2D eigenvalue weighted by atomic mass is 35.5. The van der Waals surface area contributed by atoms with Crippen molar-refractivity contribution in [2.75, 3.05) is 23.3 Å². The van der Waals surface area contributed by atoms with Crippen LogP contribution in [0.2, 0.25) is 5.15 Å². The van der Waals surface area contributed by atoms with Gasteiger partial charge in [0.2, 0.25) is 5.95 Å². The molecule has 7 nitrogen and oxygen atoms in total. The van der Waals surface area contributed by atoms with Gasteiger partial charge < -0.3 is 10.2 Å². The fourth-order valence-corrected chi connectivity index (χ4v) is 6.30. The van der Waals surface area contributed by atoms with Crippen LogP contribution in [-0.2, 0) is 12.7 Å². The first-order chi connectivity index (χ1) is 17.3. The molecular formula is C25H27ClF3N7. The van der Waals surface area contributed by atoms with E-state index in [-0.39, 0.29) is 12.0 Å². The molecule has 1 unspecified atom stereocenters. The van der Waals surface area contributed by atoms with Crippen LogP contribution in [0.4, 0.5) is 24.8 Å². The van der Waals surface area contributed by atoms with E-state index in [1.807, 2.05) is 10.7 Å². The Morgan fingerprint density at radius 2 is 1.83 bits per heavy atom. The third-order valence-corrected chi connectivity index (χ3v) is 8.03. The number of hydrogen-bond donors (Lipinski definition) is 1. The molecule has 2 fully saturated rings. The summed E-state index contributed by atoms with van der Waals surface area (Å²) in [5, 5.41) is 16.6. The Kier molecular flexibility index (Phi) is 6.02. The number of piperidine rings is 1. The summed E-state index contributed by atoms with van der Waals surface area (Å²) in [4.78, 5) is 7.17. The molecular weight excluding hydrogens is 491 g/mol. The second kappa shape index (κ2) is 9.21. The maximum absolute atomic E-state index is 13.4. The smallest absolute Gasteiger partial charge is 0.369 e. The van der Waals surface area contributed by atoms with E-state index in [1.165, 1.54) is 12.1 Å². The van der Waals surface area contributed by atoms with Gasteiger partial charge in [-0.15, -0.1) is 10.2 Å². The summed E-state index contributed by atoms with van der Waals surface area (Å²) in [5.74, 6) is 1.97. The molecule has 0 radical (unpaired) electrons. The molecule has 0 amide bonds. The second-order valence-electron chi connectivity index (χ2n) is 10.1. The number of hydrogen-bond acceptors (Lipinski definition) is 6. The summed E-state index contributed by atoms with van der Waals surface area (Å²) in [7, 11) is 0. The lowest BCUT2D eigenvalue weighted by Gasteiger charge is -2.39. The topological polar surface area (TPSA) is 71.8 Å². The lowest BCUT2D eigenvalue weighted by molar-refractivity contribution is -0.137. The number of benzene rings is 1. The molecule has 4 heterocycles. The van der Waals surface area contributed by atoms with E-state index in [0.717, 1.165) is 69.3 Å². The highest BCUT2D eigenvalue weighted by Gasteiger charge is 2.43. The summed E-state index contributed by atoms with van der Waals surface area (Å²) in [6.45, 7) is 2.49. The first-order valence-electron chi connectivity index (χ1n) is 12.5. The average molecular weight is 518 g/mol. The Morgan fingerprint density at radius 3 is 2.58 bits per heavy atom. The molecule has 1 aromatic carbocycles. The van der Waals surface area contributed by atoms with Crippen molar-refractivity contribution < 1.29 is 13.2 Å². The zero-order valence-corrected chi connectivity index (χ0v) is 20.4. The van der Waals surface area contributed by atoms with Gasteiger partial charge >= 0.3 is 6.18 Å². The number of aryl methyl sites for hydroxylation is 1. The van der Waals surface area contributed by atoms with E-state index in [1.54, 1.807) is 12.3 Å². The lowest BCUT2D eigenvalue weighted by Crippen LogP contribution is -2.48. The highest BCUT2D eigenvalue weighted by molar-refractivity contribution is 6.29. The number of nitrogens with zero attached hydrogens (tertiary/aromatic N) is 6. The van der Waals surface area contributed by atoms with Crippen molar-refractivity contribution in [3.8, 4) is 0 Å². The summed E-state index contributed by atoms with van der Waals surface area (Å²) < 4.78 is 41.9. The summed E-state index contributed by atoms with van der Waals surface area (Å²) in [6.07, 6.45) is 2.22. The number of anilines is 2. The number of alkyl halides is 3. The lowest BCUT2D eigenvalue weighted by atomic mass is 9.92. The van der Waals surface area contributed by atoms with Gasteiger partial charge in [0.15, 0.2) is 5.15 Å². The van der Waals surface area contributed by atoms with Crippen molar-refractivity contribution in [3.63, 3.8) is 0 Å². The van der Waals surface area contributed by atoms with E-state index in [4.69, 9.17) is 21.7 Å². The van der Waals surface area contributed by atoms with Crippen LogP contribution in [0.5, 0.6) is 0 Å². The molecule has 6 rings (SSSR count). The maximum atomic E-state index is 13.4. The number of fused-ring (bicyclic) bond motifs is 3. The molecule has 3 aromatic rings. The minimum Gasteiger partial charge on any atom is -0.369 e. The van der Waals surface area contributed by atoms with Gasteiger partial charge in [0, 0.05) is 37.7 Å². The van der Waals surface area contributed by atoms with Crippen molar-refractivity contribution in [2.45, 2.75) is 56.8 Å². The number of aromatic nitrogens is 5. The molecule has 3 aliphatic rings. The predicted molar refractivity (Wildman–Crippen MR) is 130 cm³/mol. The molecule has 2 aliphatic heterocycles. The quantitative estimate of drug-likeness (QED) is 0.501. The maximum Gasteiger partial charge on any atom is 0.416 e. The average Bonchev–Trinajstić information content (AvgIpc) is 3.25. The monoisotopic (exact) mass is 517 g/mol. The molecule has 2 bridgehead atoms. The fourth-order valence-electron chi connectivity index (χ4n) is 6.15. The van der Waals surface area contributed by atoms with E-state index in [2.05, 4.69) is 20.4 Å². The molecule has 1 saturated carbocycles. The van der Waals surface area contributed by atoms with Gasteiger partial charge in [-0.2, -0.15) is 23.3 Å². The molecule has 190 valence electrons. The van der Waals surface area contributed by atoms with E-state index in [0.29, 0.717) is 28.5 Å². The van der Waals surface area contributed by atoms with Gasteiger partial charge in [-0.25, -0.2) is 4.68 Å². The van der Waals surface area contributed by atoms with Crippen LogP contribution in [0.1, 0.15) is 55.0 Å². The van der Waals surface area contributed by atoms with Crippen LogP contribution in [0.3, 0.4) is 0 Å². The Bertz CT molecular complexity index is 1230. The number of rotatable bonds is 4. The first kappa shape index (κ1) is 23.5. The van der Waals surface area contributed by atoms with Crippen LogP contribution in [0, 0.1) is 11.8 Å². The zero-order chi connectivity index (χ0) is 24.9. The van der Waals surface area contributed by atoms with E-state index in [9.17, 15) is 13.2 Å². The predicted octanol–water partition coefficient (Wildman–Crippen LogP) is 5.38. The summed E-state index contributed by atoms with van der Waals surface area (Å²) in [5.41, 5.74) is 1.01. The normalized spacial score (nSPS) is 25.9. The SMILES string of the molecule is FC(F)(F)c1cccc(C2CCCCn3nc(N[C@H]4[C@@H]5CC[C@H]4CN(c4cnnc(Cl)c4)C5)nc32)c1. The van der Waals surface area contributed by atoms with Crippen LogP contribution in [0.25, 0.3) is 0 Å². The number of nitrogens with one attached hydrogen (secondary N) is 1. The fraction of sp³-hybridized carbons (Fsp3) is 0.520. The van der Waals surface area contributed by atoms with Crippen LogP contribution in [0.15, 0.2) is 36.5 Å². The second-order valence-corrected chi connectivity index (χ2v) is 10.5. The molecule has 1 saturated heterocycles. The third-order valence-electron chi connectivity index (χ3n) is 7.85. The van der Waals surface area contributed by atoms with E-state index < -0.39 is 11.7 Å². The van der Waals surface area contributed by atoms with Crippen molar-refractivity contribution in [1.82, 2.24) is 25.0 Å². The van der Waals surface area contributed by atoms with Crippen molar-refractivity contribution in [3.05, 3.63) is 58.6 Å². The standard InChI is InChI=1S/C25H27ClF3N7/c26-21-11-19(12-30-33-21)35-13-16-7-8-17(14-35)22(16)31-24-32-23-20(6-1-2-9-36(23)34-24)15-4-3-5-18(10-15)25(27,28)29/h3-5,10-12,16-17,20,22H,1-2,6-9,13-14H2,(H,31,34)/t16-,17+,20?,22+. The Hall–Kier alpha value is -2.88. The van der Waals surface area contributed by atoms with Crippen molar-refractivity contribution in [1.29, 1.82) is 0 Å². The van der Waals surface area contributed by atoms with Gasteiger partial charge in [0.1, 0.15) is 5.82 Å². The Labute approximate surface area is 212 Å². The molecule has 1 N–H and O–H groups in total. The van der Waals surface area contributed by atoms with Crippen molar-refractivity contribution in [2.24, 2.45) is 11.8 Å². The number of halogens is 4. The Balaban J connectivity index is 1.22. The summed E-state index contributed by atoms with van der Waals surface area (Å²) >= 11 is 6.05. The molecule has 2 aromatic heterocycles. The third kappa shape index (κ3) is 4.51. The Morgan fingerprint density at radius 1 is 1.03 bits per heavy atom. The van der Waals surface area contributed by atoms with Gasteiger partial charge in [0.05, 0.1) is 17.4 Å². The first-order valence-corrected chi connectivity index (χ1v) is 12.8. The molecule has 1 aliphatic carbocycles. The molecule has 0 spiro atoms. The van der Waals surface area contributed by atoms with Gasteiger partial charge in [-0.05, 0) is 49.1 Å². The van der Waals surface area contributed by atoms with Crippen LogP contribution >= 0.6 is 11.6 Å². The largest absolute Gasteiger partial charge is 0.416 e. The highest BCUT2D eigenvalue weighted by Crippen LogP contribution is 2.41. The molecule has 4 atom stereocenters. The molecule has 36 heavy (non-hydrogen) atoms. The minimum absolute atomic E-state index is 0.208. The zero-order valence-electron chi connectivity index (χ0n) is 19.6. The van der Waals surface area contributed by atoms with Gasteiger partial charge in [0.25, 0.3) is 0 Å².